The van der Waals surface area contributed by atoms with Crippen molar-refractivity contribution in [1.82, 2.24) is 0 Å². The van der Waals surface area contributed by atoms with Crippen LogP contribution in [0.3, 0.4) is 0 Å². The molecule has 0 spiro atoms. The first kappa shape index (κ1) is 8.35. The number of benzene rings is 2. The molecule has 0 heterocycles. The molecule has 14 heavy (non-hydrogen) atoms. The van der Waals surface area contributed by atoms with Gasteiger partial charge in [-0.2, -0.15) is 0 Å². The molecule has 3 rings (SSSR count). The predicted molar refractivity (Wildman–Crippen MR) is 59.5 cm³/mol. The predicted octanol–water partition coefficient (Wildman–Crippen LogP) is 2.92. The Kier molecular flexibility index (Phi) is 1.80. The summed E-state index contributed by atoms with van der Waals surface area (Å²) in [4.78, 5) is 0. The summed E-state index contributed by atoms with van der Waals surface area (Å²) in [5, 5.41) is 0. The molecule has 1 aliphatic carbocycles. The average Bonchev–Trinajstić information content (AvgIpc) is 2.55. The molecule has 0 nitrogen and oxygen atoms in total. The molecule has 1 aliphatic rings. The van der Waals surface area contributed by atoms with E-state index in [2.05, 4.69) is 66.2 Å². The van der Waals surface area contributed by atoms with Crippen LogP contribution in [0.15, 0.2) is 48.5 Å². The van der Waals surface area contributed by atoms with Crippen molar-refractivity contribution in [2.45, 2.75) is 4.59 Å². The first-order valence-electron chi connectivity index (χ1n) is 5.06. The second-order valence-corrected chi connectivity index (χ2v) is 3.90. The Morgan fingerprint density at radius 3 is 1.64 bits per heavy atom. The number of hydrogen-bond donors (Lipinski definition) is 0. The molecule has 0 N–H and O–H groups in total. The van der Waals surface area contributed by atoms with Crippen molar-refractivity contribution in [2.75, 3.05) is 0 Å². The van der Waals surface area contributed by atoms with Crippen LogP contribution >= 0.6 is 0 Å². The molecule has 0 saturated carbocycles. The molecule has 0 saturated heterocycles. The quantitative estimate of drug-likeness (QED) is 0.536. The Morgan fingerprint density at radius 1 is 0.714 bits per heavy atom. The van der Waals surface area contributed by atoms with Crippen molar-refractivity contribution in [2.24, 2.45) is 0 Å². The van der Waals surface area contributed by atoms with Crippen LogP contribution in [-0.2, 0) is 0 Å². The van der Waals surface area contributed by atoms with Crippen LogP contribution in [0, 0.1) is 0 Å². The number of hydrogen-bond acceptors (Lipinski definition) is 0. The molecule has 0 unspecified atom stereocenters. The Morgan fingerprint density at radius 2 is 1.14 bits per heavy atom. The molecule has 0 amide bonds. The topological polar surface area (TPSA) is 0 Å². The molecular weight excluding hydrogens is 163 g/mol. The third kappa shape index (κ3) is 1.02. The van der Waals surface area contributed by atoms with E-state index in [-0.39, 0.29) is 0 Å². The summed E-state index contributed by atoms with van der Waals surface area (Å²) in [5.41, 5.74) is 5.76. The van der Waals surface area contributed by atoms with Crippen LogP contribution in [0.2, 0.25) is 0 Å². The summed E-state index contributed by atoms with van der Waals surface area (Å²) in [6, 6.07) is 17.4. The zero-order valence-electron chi connectivity index (χ0n) is 8.20. The summed E-state index contributed by atoms with van der Waals surface area (Å²) >= 11 is 2.28. The normalized spacial score (nSPS) is 13.9. The standard InChI is InChI=1S/C13H9.Li/c1-3-7-12-10(5-1)9-11-6-2-4-8-13(11)12;/h1-9H;. The molecule has 1 heteroatoms. The fraction of sp³-hybridized carbons (Fsp3) is 0.0769. The second kappa shape index (κ2) is 3.02. The first-order chi connectivity index (χ1) is 6.88. The second-order valence-electron chi connectivity index (χ2n) is 3.90. The molecule has 0 atom stereocenters. The van der Waals surface area contributed by atoms with E-state index in [4.69, 9.17) is 0 Å². The van der Waals surface area contributed by atoms with Crippen LogP contribution < -0.4 is 0 Å². The fourth-order valence-corrected chi connectivity index (χ4v) is 2.41. The van der Waals surface area contributed by atoms with E-state index in [0.717, 1.165) is 0 Å². The van der Waals surface area contributed by atoms with Gasteiger partial charge in [-0.25, -0.2) is 0 Å². The van der Waals surface area contributed by atoms with Gasteiger partial charge in [0.25, 0.3) is 0 Å². The van der Waals surface area contributed by atoms with Gasteiger partial charge in [-0.1, -0.05) is 0 Å². The zero-order chi connectivity index (χ0) is 9.54. The first-order valence-corrected chi connectivity index (χ1v) is 5.06. The summed E-state index contributed by atoms with van der Waals surface area (Å²) in [6.07, 6.45) is 0. The Labute approximate surface area is 93.2 Å². The minimum atomic E-state index is 0.558. The number of fused-ring (bicyclic) bond motifs is 3. The summed E-state index contributed by atoms with van der Waals surface area (Å²) in [6.45, 7) is 0. The Balaban J connectivity index is 2.36. The minimum absolute atomic E-state index is 0.558. The SMILES string of the molecule is [Li][CH]1c2ccccc2-c2ccccc21. The van der Waals surface area contributed by atoms with E-state index in [0.29, 0.717) is 4.59 Å². The molecule has 0 fully saturated rings. The van der Waals surface area contributed by atoms with Gasteiger partial charge in [0, 0.05) is 0 Å². The maximum absolute atomic E-state index is 2.28. The van der Waals surface area contributed by atoms with Crippen LogP contribution in [0.5, 0.6) is 0 Å². The van der Waals surface area contributed by atoms with Crippen molar-refractivity contribution in [3.8, 4) is 11.1 Å². The van der Waals surface area contributed by atoms with E-state index >= 15 is 0 Å². The molecule has 0 aliphatic heterocycles. The molecule has 0 aromatic heterocycles. The average molecular weight is 172 g/mol. The Hall–Kier alpha value is -0.963. The van der Waals surface area contributed by atoms with Crippen LogP contribution in [-0.4, -0.2) is 17.7 Å². The van der Waals surface area contributed by atoms with Gasteiger partial charge >= 0.3 is 93.1 Å². The monoisotopic (exact) mass is 172 g/mol. The summed E-state index contributed by atoms with van der Waals surface area (Å²) in [7, 11) is 0. The van der Waals surface area contributed by atoms with Gasteiger partial charge < -0.3 is 0 Å². The molecule has 2 aromatic carbocycles. The van der Waals surface area contributed by atoms with E-state index in [1.165, 1.54) is 22.3 Å². The number of rotatable bonds is 0. The van der Waals surface area contributed by atoms with E-state index < -0.39 is 0 Å². The van der Waals surface area contributed by atoms with Crippen molar-refractivity contribution >= 4 is 17.7 Å². The van der Waals surface area contributed by atoms with Gasteiger partial charge in [0.05, 0.1) is 0 Å². The third-order valence-electron chi connectivity index (χ3n) is 3.14. The van der Waals surface area contributed by atoms with Gasteiger partial charge in [0.2, 0.25) is 0 Å². The molecule has 0 radical (unpaired) electrons. The van der Waals surface area contributed by atoms with Gasteiger partial charge in [0.1, 0.15) is 0 Å². The molecule has 62 valence electrons. The van der Waals surface area contributed by atoms with Gasteiger partial charge in [0.15, 0.2) is 0 Å². The summed E-state index contributed by atoms with van der Waals surface area (Å²) < 4.78 is 0.558. The fourth-order valence-electron chi connectivity index (χ4n) is 2.41. The van der Waals surface area contributed by atoms with E-state index in [1.54, 1.807) is 0 Å². The third-order valence-corrected chi connectivity index (χ3v) is 3.14. The molecule has 2 aromatic rings. The van der Waals surface area contributed by atoms with E-state index in [9.17, 15) is 0 Å². The van der Waals surface area contributed by atoms with Crippen molar-refractivity contribution in [3.63, 3.8) is 0 Å². The maximum atomic E-state index is 2.28. The van der Waals surface area contributed by atoms with Crippen LogP contribution in [0.25, 0.3) is 11.1 Å². The van der Waals surface area contributed by atoms with Crippen molar-refractivity contribution < 1.29 is 0 Å². The van der Waals surface area contributed by atoms with Crippen LogP contribution in [0.4, 0.5) is 0 Å². The Bertz CT molecular complexity index is 443. The molecule has 0 bridgehead atoms. The zero-order valence-corrected chi connectivity index (χ0v) is 8.20. The van der Waals surface area contributed by atoms with Gasteiger partial charge in [-0.15, -0.1) is 0 Å². The molecular formula is C13H9Li. The van der Waals surface area contributed by atoms with Crippen LogP contribution in [0.1, 0.15) is 15.7 Å². The summed E-state index contributed by atoms with van der Waals surface area (Å²) in [5.74, 6) is 0. The van der Waals surface area contributed by atoms with Crippen molar-refractivity contribution in [3.05, 3.63) is 59.7 Å². The van der Waals surface area contributed by atoms with Gasteiger partial charge in [-0.05, 0) is 0 Å². The van der Waals surface area contributed by atoms with E-state index in [1.807, 2.05) is 0 Å². The van der Waals surface area contributed by atoms with Crippen molar-refractivity contribution in [1.29, 1.82) is 0 Å². The van der Waals surface area contributed by atoms with Gasteiger partial charge in [-0.3, -0.25) is 0 Å².